The second-order valence-electron chi connectivity index (χ2n) is 3.41. The van der Waals surface area contributed by atoms with Crippen molar-refractivity contribution in [3.8, 4) is 0 Å². The Bertz CT molecular complexity index is 317. The Kier molecular flexibility index (Phi) is 4.72. The summed E-state index contributed by atoms with van der Waals surface area (Å²) in [5, 5.41) is 3.82. The van der Waals surface area contributed by atoms with E-state index in [0.29, 0.717) is 17.3 Å². The molecule has 0 aliphatic carbocycles. The molecule has 0 saturated heterocycles. The first-order chi connectivity index (χ1) is 7.15. The molecule has 1 atom stereocenters. The summed E-state index contributed by atoms with van der Waals surface area (Å²) in [7, 11) is 0. The number of nitrogens with one attached hydrogen (secondary N) is 1. The minimum absolute atomic E-state index is 0.214. The molecule has 0 aromatic heterocycles. The van der Waals surface area contributed by atoms with Crippen molar-refractivity contribution in [2.24, 2.45) is 0 Å². The molecule has 0 aliphatic rings. The third-order valence-corrected chi connectivity index (χ3v) is 2.36. The molecule has 0 saturated carbocycles. The van der Waals surface area contributed by atoms with Crippen LogP contribution in [0.1, 0.15) is 13.8 Å². The number of ether oxygens (including phenoxy) is 1. The number of nitrogen functional groups attached to an aromatic ring is 1. The van der Waals surface area contributed by atoms with Crippen LogP contribution >= 0.6 is 11.6 Å². The maximum Gasteiger partial charge on any atom is 0.0739 e. The lowest BCUT2D eigenvalue weighted by molar-refractivity contribution is 0.141. The first-order valence-corrected chi connectivity index (χ1v) is 5.41. The predicted octanol–water partition coefficient (Wildman–Crippen LogP) is 2.76. The fourth-order valence-electron chi connectivity index (χ4n) is 1.26. The molecule has 0 fully saturated rings. The van der Waals surface area contributed by atoms with Gasteiger partial charge in [0.15, 0.2) is 0 Å². The average Bonchev–Trinajstić information content (AvgIpc) is 2.22. The second kappa shape index (κ2) is 5.83. The van der Waals surface area contributed by atoms with Gasteiger partial charge in [-0.15, -0.1) is 0 Å². The highest BCUT2D eigenvalue weighted by molar-refractivity contribution is 6.33. The molecule has 84 valence electrons. The maximum absolute atomic E-state index is 5.91. The Labute approximate surface area is 95.6 Å². The molecule has 0 amide bonds. The number of hydrogen-bond acceptors (Lipinski definition) is 3. The molecule has 0 spiro atoms. The molecule has 0 aliphatic heterocycles. The van der Waals surface area contributed by atoms with Crippen LogP contribution in [0.2, 0.25) is 5.02 Å². The third-order valence-electron chi connectivity index (χ3n) is 2.03. The van der Waals surface area contributed by atoms with Crippen LogP contribution in [0.3, 0.4) is 0 Å². The van der Waals surface area contributed by atoms with Gasteiger partial charge >= 0.3 is 0 Å². The van der Waals surface area contributed by atoms with Crippen LogP contribution in [-0.2, 0) is 4.74 Å². The number of benzene rings is 1. The average molecular weight is 229 g/mol. The third kappa shape index (κ3) is 3.61. The smallest absolute Gasteiger partial charge is 0.0739 e. The van der Waals surface area contributed by atoms with Crippen LogP contribution in [0.5, 0.6) is 0 Å². The summed E-state index contributed by atoms with van der Waals surface area (Å²) >= 11 is 5.91. The standard InChI is InChI=1S/C11H17ClN2O/c1-3-15-7-8(2)14-10-6-4-5-9(12)11(10)13/h4-6,8,14H,3,7,13H2,1-2H3. The Balaban J connectivity index is 2.60. The van der Waals surface area contributed by atoms with E-state index in [0.717, 1.165) is 12.3 Å². The monoisotopic (exact) mass is 228 g/mol. The summed E-state index contributed by atoms with van der Waals surface area (Å²) < 4.78 is 5.30. The van der Waals surface area contributed by atoms with Crippen LogP contribution in [0.15, 0.2) is 18.2 Å². The topological polar surface area (TPSA) is 47.3 Å². The van der Waals surface area contributed by atoms with E-state index < -0.39 is 0 Å². The van der Waals surface area contributed by atoms with Crippen molar-refractivity contribution in [2.45, 2.75) is 19.9 Å². The van der Waals surface area contributed by atoms with Crippen LogP contribution in [0.25, 0.3) is 0 Å². The van der Waals surface area contributed by atoms with Crippen molar-refractivity contribution in [3.05, 3.63) is 23.2 Å². The number of hydrogen-bond donors (Lipinski definition) is 2. The van der Waals surface area contributed by atoms with Gasteiger partial charge in [-0.05, 0) is 26.0 Å². The number of nitrogens with two attached hydrogens (primary N) is 1. The van der Waals surface area contributed by atoms with Gasteiger partial charge in [-0.2, -0.15) is 0 Å². The van der Waals surface area contributed by atoms with Gasteiger partial charge in [0.2, 0.25) is 0 Å². The normalized spacial score (nSPS) is 12.5. The maximum atomic E-state index is 5.91. The SMILES string of the molecule is CCOCC(C)Nc1cccc(Cl)c1N. The highest BCUT2D eigenvalue weighted by atomic mass is 35.5. The molecular formula is C11H17ClN2O. The number of para-hydroxylation sites is 1. The van der Waals surface area contributed by atoms with Gasteiger partial charge in [0.1, 0.15) is 0 Å². The zero-order chi connectivity index (χ0) is 11.3. The first-order valence-electron chi connectivity index (χ1n) is 5.03. The Hall–Kier alpha value is -0.930. The van der Waals surface area contributed by atoms with E-state index in [1.54, 1.807) is 6.07 Å². The van der Waals surface area contributed by atoms with Crippen molar-refractivity contribution in [1.82, 2.24) is 0 Å². The van der Waals surface area contributed by atoms with E-state index in [2.05, 4.69) is 5.32 Å². The minimum Gasteiger partial charge on any atom is -0.396 e. The summed E-state index contributed by atoms with van der Waals surface area (Å²) in [6.07, 6.45) is 0. The molecule has 1 aromatic carbocycles. The van der Waals surface area contributed by atoms with Crippen molar-refractivity contribution in [3.63, 3.8) is 0 Å². The largest absolute Gasteiger partial charge is 0.396 e. The van der Waals surface area contributed by atoms with Crippen molar-refractivity contribution >= 4 is 23.0 Å². The Morgan fingerprint density at radius 1 is 1.53 bits per heavy atom. The van der Waals surface area contributed by atoms with Crippen LogP contribution in [-0.4, -0.2) is 19.3 Å². The van der Waals surface area contributed by atoms with Crippen molar-refractivity contribution in [1.29, 1.82) is 0 Å². The Morgan fingerprint density at radius 3 is 2.93 bits per heavy atom. The fraction of sp³-hybridized carbons (Fsp3) is 0.455. The Morgan fingerprint density at radius 2 is 2.27 bits per heavy atom. The molecule has 1 unspecified atom stereocenters. The van der Waals surface area contributed by atoms with Gasteiger partial charge in [-0.25, -0.2) is 0 Å². The van der Waals surface area contributed by atoms with E-state index in [1.807, 2.05) is 26.0 Å². The number of rotatable bonds is 5. The highest BCUT2D eigenvalue weighted by Crippen LogP contribution is 2.27. The summed E-state index contributed by atoms with van der Waals surface area (Å²) in [5.74, 6) is 0. The highest BCUT2D eigenvalue weighted by Gasteiger charge is 2.06. The lowest BCUT2D eigenvalue weighted by Crippen LogP contribution is -2.22. The lowest BCUT2D eigenvalue weighted by atomic mass is 10.2. The summed E-state index contributed by atoms with van der Waals surface area (Å²) in [6, 6.07) is 5.76. The molecule has 1 aromatic rings. The van der Waals surface area contributed by atoms with Crippen LogP contribution in [0.4, 0.5) is 11.4 Å². The summed E-state index contributed by atoms with van der Waals surface area (Å²) in [5.41, 5.74) is 7.27. The lowest BCUT2D eigenvalue weighted by Gasteiger charge is -2.16. The summed E-state index contributed by atoms with van der Waals surface area (Å²) in [4.78, 5) is 0. The van der Waals surface area contributed by atoms with E-state index in [4.69, 9.17) is 22.1 Å². The van der Waals surface area contributed by atoms with Gasteiger partial charge in [0.05, 0.1) is 23.0 Å². The minimum atomic E-state index is 0.214. The van der Waals surface area contributed by atoms with Gasteiger partial charge in [-0.1, -0.05) is 17.7 Å². The molecule has 3 nitrogen and oxygen atoms in total. The number of anilines is 2. The van der Waals surface area contributed by atoms with E-state index >= 15 is 0 Å². The fourth-order valence-corrected chi connectivity index (χ4v) is 1.44. The van der Waals surface area contributed by atoms with Gasteiger partial charge < -0.3 is 15.8 Å². The van der Waals surface area contributed by atoms with Crippen molar-refractivity contribution in [2.75, 3.05) is 24.3 Å². The molecule has 15 heavy (non-hydrogen) atoms. The second-order valence-corrected chi connectivity index (χ2v) is 3.81. The van der Waals surface area contributed by atoms with Gasteiger partial charge in [-0.3, -0.25) is 0 Å². The predicted molar refractivity (Wildman–Crippen MR) is 65.4 cm³/mol. The molecule has 3 N–H and O–H groups in total. The first kappa shape index (κ1) is 12.1. The zero-order valence-corrected chi connectivity index (χ0v) is 9.84. The summed E-state index contributed by atoms with van der Waals surface area (Å²) in [6.45, 7) is 5.38. The molecule has 0 heterocycles. The molecule has 0 radical (unpaired) electrons. The molecule has 4 heteroatoms. The van der Waals surface area contributed by atoms with Crippen molar-refractivity contribution < 1.29 is 4.74 Å². The van der Waals surface area contributed by atoms with E-state index in [1.165, 1.54) is 0 Å². The van der Waals surface area contributed by atoms with Crippen LogP contribution < -0.4 is 11.1 Å². The van der Waals surface area contributed by atoms with E-state index in [-0.39, 0.29) is 6.04 Å². The van der Waals surface area contributed by atoms with Gasteiger partial charge in [0, 0.05) is 12.6 Å². The molecule has 0 bridgehead atoms. The van der Waals surface area contributed by atoms with E-state index in [9.17, 15) is 0 Å². The quantitative estimate of drug-likeness (QED) is 0.762. The van der Waals surface area contributed by atoms with Gasteiger partial charge in [0.25, 0.3) is 0 Å². The molecule has 1 rings (SSSR count). The zero-order valence-electron chi connectivity index (χ0n) is 9.09. The molecular weight excluding hydrogens is 212 g/mol. The van der Waals surface area contributed by atoms with Crippen LogP contribution in [0, 0.1) is 0 Å². The number of halogens is 1.